The minimum atomic E-state index is 0. The van der Waals surface area contributed by atoms with Crippen molar-refractivity contribution >= 4 is 18.3 Å². The van der Waals surface area contributed by atoms with Crippen molar-refractivity contribution in [3.63, 3.8) is 0 Å². The van der Waals surface area contributed by atoms with Crippen LogP contribution in [0.4, 0.5) is 0 Å². The number of amides is 1. The van der Waals surface area contributed by atoms with Gasteiger partial charge in [0.05, 0.1) is 6.54 Å². The van der Waals surface area contributed by atoms with Crippen molar-refractivity contribution in [1.29, 1.82) is 0 Å². The highest BCUT2D eigenvalue weighted by Crippen LogP contribution is 2.24. The van der Waals surface area contributed by atoms with Gasteiger partial charge in [-0.1, -0.05) is 13.8 Å². The third-order valence-electron chi connectivity index (χ3n) is 5.10. The Bertz CT molecular complexity index is 319. The number of likely N-dealkylation sites (tertiary alicyclic amines) is 1. The van der Waals surface area contributed by atoms with E-state index >= 15 is 0 Å². The smallest absolute Gasteiger partial charge is 0.234 e. The van der Waals surface area contributed by atoms with E-state index in [0.717, 1.165) is 37.6 Å². The van der Waals surface area contributed by atoms with E-state index < -0.39 is 0 Å². The lowest BCUT2D eigenvalue weighted by molar-refractivity contribution is -0.124. The van der Waals surface area contributed by atoms with Gasteiger partial charge in [-0.3, -0.25) is 9.69 Å². The van der Waals surface area contributed by atoms with Crippen LogP contribution in [0.15, 0.2) is 0 Å². The van der Waals surface area contributed by atoms with Gasteiger partial charge < -0.3 is 11.1 Å². The summed E-state index contributed by atoms with van der Waals surface area (Å²) in [6, 6.07) is 0.787. The first-order valence-electron chi connectivity index (χ1n) is 8.32. The van der Waals surface area contributed by atoms with E-state index in [2.05, 4.69) is 24.1 Å². The Balaban J connectivity index is 0.00000220. The number of nitrogens with two attached hydrogens (primary N) is 1. The van der Waals surface area contributed by atoms with Crippen LogP contribution in [-0.4, -0.2) is 42.5 Å². The van der Waals surface area contributed by atoms with Crippen LogP contribution in [0, 0.1) is 11.8 Å². The van der Waals surface area contributed by atoms with E-state index in [1.54, 1.807) is 0 Å². The topological polar surface area (TPSA) is 58.4 Å². The molecule has 0 spiro atoms. The number of carbonyl (C=O) groups is 1. The van der Waals surface area contributed by atoms with Crippen molar-refractivity contribution in [2.75, 3.05) is 19.6 Å². The number of rotatable bonds is 4. The molecule has 0 radical (unpaired) electrons. The van der Waals surface area contributed by atoms with E-state index in [9.17, 15) is 4.79 Å². The van der Waals surface area contributed by atoms with Crippen molar-refractivity contribution in [2.45, 2.75) is 64.5 Å². The second kappa shape index (κ2) is 8.96. The molecule has 1 aliphatic heterocycles. The first-order chi connectivity index (χ1) is 9.58. The largest absolute Gasteiger partial charge is 0.352 e. The molecule has 2 atom stereocenters. The molecule has 21 heavy (non-hydrogen) atoms. The van der Waals surface area contributed by atoms with Crippen LogP contribution >= 0.6 is 12.4 Å². The standard InChI is InChI=1S/C16H31N3O.ClH/c1-12-3-5-14(6-4-12)18-16(20)11-19-8-7-13(2)9-15(19)10-17;/h12-15H,3-11,17H2,1-2H3,(H,18,20);1H. The molecule has 4 nitrogen and oxygen atoms in total. The molecule has 0 aromatic rings. The van der Waals surface area contributed by atoms with Crippen LogP contribution < -0.4 is 11.1 Å². The summed E-state index contributed by atoms with van der Waals surface area (Å²) in [5, 5.41) is 3.22. The molecule has 2 unspecified atom stereocenters. The molecule has 0 aromatic carbocycles. The van der Waals surface area contributed by atoms with E-state index in [1.165, 1.54) is 19.3 Å². The average Bonchev–Trinajstić information content (AvgIpc) is 2.43. The fraction of sp³-hybridized carbons (Fsp3) is 0.938. The molecule has 1 aliphatic carbocycles. The van der Waals surface area contributed by atoms with Crippen LogP contribution in [0.1, 0.15) is 52.4 Å². The van der Waals surface area contributed by atoms with E-state index in [0.29, 0.717) is 25.2 Å². The Morgan fingerprint density at radius 2 is 1.81 bits per heavy atom. The Kier molecular flexibility index (Phi) is 7.99. The number of hydrogen-bond acceptors (Lipinski definition) is 3. The summed E-state index contributed by atoms with van der Waals surface area (Å²) in [5.41, 5.74) is 5.86. The lowest BCUT2D eigenvalue weighted by atomic mass is 9.87. The van der Waals surface area contributed by atoms with E-state index in [1.807, 2.05) is 0 Å². The Labute approximate surface area is 135 Å². The third kappa shape index (κ3) is 5.76. The first-order valence-corrected chi connectivity index (χ1v) is 8.32. The maximum Gasteiger partial charge on any atom is 0.234 e. The van der Waals surface area contributed by atoms with Gasteiger partial charge in [0, 0.05) is 18.6 Å². The number of halogens is 1. The molecule has 0 bridgehead atoms. The summed E-state index contributed by atoms with van der Waals surface area (Å²) in [7, 11) is 0. The van der Waals surface area contributed by atoms with Crippen molar-refractivity contribution in [2.24, 2.45) is 17.6 Å². The number of carbonyl (C=O) groups excluding carboxylic acids is 1. The molecule has 3 N–H and O–H groups in total. The molecule has 1 amide bonds. The van der Waals surface area contributed by atoms with Crippen molar-refractivity contribution < 1.29 is 4.79 Å². The summed E-state index contributed by atoms with van der Waals surface area (Å²) >= 11 is 0. The zero-order valence-electron chi connectivity index (χ0n) is 13.5. The molecule has 1 heterocycles. The maximum absolute atomic E-state index is 12.2. The highest BCUT2D eigenvalue weighted by Gasteiger charge is 2.27. The molecule has 1 saturated carbocycles. The third-order valence-corrected chi connectivity index (χ3v) is 5.10. The van der Waals surface area contributed by atoms with Gasteiger partial charge in [-0.05, 0) is 56.9 Å². The fourth-order valence-corrected chi connectivity index (χ4v) is 3.62. The monoisotopic (exact) mass is 317 g/mol. The second-order valence-corrected chi connectivity index (χ2v) is 7.01. The minimum Gasteiger partial charge on any atom is -0.352 e. The summed E-state index contributed by atoms with van der Waals surface area (Å²) < 4.78 is 0. The predicted molar refractivity (Wildman–Crippen MR) is 89.6 cm³/mol. The summed E-state index contributed by atoms with van der Waals surface area (Å²) in [6.45, 7) is 6.79. The fourth-order valence-electron chi connectivity index (χ4n) is 3.62. The molecular formula is C16H32ClN3O. The van der Waals surface area contributed by atoms with Gasteiger partial charge in [0.2, 0.25) is 5.91 Å². The molecule has 2 fully saturated rings. The number of piperidine rings is 1. The maximum atomic E-state index is 12.2. The van der Waals surface area contributed by atoms with Crippen LogP contribution in [0.25, 0.3) is 0 Å². The Hall–Kier alpha value is -0.320. The van der Waals surface area contributed by atoms with Crippen LogP contribution in [0.3, 0.4) is 0 Å². The number of nitrogens with zero attached hydrogens (tertiary/aromatic N) is 1. The van der Waals surface area contributed by atoms with Gasteiger partial charge in [0.1, 0.15) is 0 Å². The second-order valence-electron chi connectivity index (χ2n) is 7.01. The van der Waals surface area contributed by atoms with Crippen molar-refractivity contribution in [1.82, 2.24) is 10.2 Å². The number of nitrogens with one attached hydrogen (secondary N) is 1. The zero-order chi connectivity index (χ0) is 14.5. The zero-order valence-corrected chi connectivity index (χ0v) is 14.3. The van der Waals surface area contributed by atoms with Crippen molar-refractivity contribution in [3.8, 4) is 0 Å². The van der Waals surface area contributed by atoms with Gasteiger partial charge in [0.25, 0.3) is 0 Å². The lowest BCUT2D eigenvalue weighted by Gasteiger charge is -2.38. The molecule has 2 rings (SSSR count). The summed E-state index contributed by atoms with van der Waals surface area (Å²) in [6.07, 6.45) is 7.10. The first kappa shape index (κ1) is 18.7. The van der Waals surface area contributed by atoms with E-state index in [4.69, 9.17) is 5.73 Å². The van der Waals surface area contributed by atoms with Gasteiger partial charge in [-0.15, -0.1) is 12.4 Å². The van der Waals surface area contributed by atoms with Gasteiger partial charge in [-0.2, -0.15) is 0 Å². The molecule has 124 valence electrons. The molecule has 5 heteroatoms. The van der Waals surface area contributed by atoms with Crippen LogP contribution in [0.5, 0.6) is 0 Å². The lowest BCUT2D eigenvalue weighted by Crippen LogP contribution is -2.51. The highest BCUT2D eigenvalue weighted by molar-refractivity contribution is 5.85. The highest BCUT2D eigenvalue weighted by atomic mass is 35.5. The normalized spacial score (nSPS) is 34.0. The predicted octanol–water partition coefficient (Wildman–Crippen LogP) is 2.16. The molecule has 2 aliphatic rings. The minimum absolute atomic E-state index is 0. The Morgan fingerprint density at radius 1 is 1.14 bits per heavy atom. The summed E-state index contributed by atoms with van der Waals surface area (Å²) in [4.78, 5) is 14.5. The number of hydrogen-bond donors (Lipinski definition) is 2. The quantitative estimate of drug-likeness (QED) is 0.835. The van der Waals surface area contributed by atoms with E-state index in [-0.39, 0.29) is 18.3 Å². The average molecular weight is 318 g/mol. The Morgan fingerprint density at radius 3 is 2.43 bits per heavy atom. The molecular weight excluding hydrogens is 286 g/mol. The van der Waals surface area contributed by atoms with Crippen LogP contribution in [0.2, 0.25) is 0 Å². The van der Waals surface area contributed by atoms with Crippen molar-refractivity contribution in [3.05, 3.63) is 0 Å². The molecule has 1 saturated heterocycles. The summed E-state index contributed by atoms with van der Waals surface area (Å²) in [5.74, 6) is 1.76. The molecule has 0 aromatic heterocycles. The SMILES string of the molecule is CC1CCC(NC(=O)CN2CCC(C)CC2CN)CC1.Cl. The van der Waals surface area contributed by atoms with Gasteiger partial charge >= 0.3 is 0 Å². The van der Waals surface area contributed by atoms with Gasteiger partial charge in [-0.25, -0.2) is 0 Å². The van der Waals surface area contributed by atoms with Crippen LogP contribution in [-0.2, 0) is 4.79 Å². The van der Waals surface area contributed by atoms with Gasteiger partial charge in [0.15, 0.2) is 0 Å².